The van der Waals surface area contributed by atoms with Crippen LogP contribution in [-0.2, 0) is 9.57 Å². The molecule has 0 N–H and O–H groups in total. The van der Waals surface area contributed by atoms with Crippen molar-refractivity contribution < 1.29 is 33.0 Å². The molecule has 0 radical (unpaired) electrons. The number of hydroxylamine groups is 2. The first-order valence-corrected chi connectivity index (χ1v) is 11.9. The van der Waals surface area contributed by atoms with Gasteiger partial charge in [-0.25, -0.2) is 19.2 Å². The van der Waals surface area contributed by atoms with E-state index in [9.17, 15) is 9.18 Å². The lowest BCUT2D eigenvalue weighted by Gasteiger charge is -2.30. The lowest BCUT2D eigenvalue weighted by Crippen LogP contribution is -2.40. The molecule has 4 rings (SSSR count). The topological polar surface area (TPSA) is 105 Å². The Morgan fingerprint density at radius 3 is 2.54 bits per heavy atom. The highest BCUT2D eigenvalue weighted by Gasteiger charge is 2.25. The third-order valence-corrected chi connectivity index (χ3v) is 5.63. The Hall–Kier alpha value is -3.99. The number of aromatic nitrogens is 3. The molecule has 1 fully saturated rings. The third-order valence-electron chi connectivity index (χ3n) is 5.63. The van der Waals surface area contributed by atoms with E-state index in [0.717, 1.165) is 0 Å². The van der Waals surface area contributed by atoms with Gasteiger partial charge in [0.15, 0.2) is 11.6 Å². The molecule has 3 heterocycles. The van der Waals surface area contributed by atoms with Gasteiger partial charge in [0.05, 0.1) is 25.0 Å². The van der Waals surface area contributed by atoms with Crippen molar-refractivity contribution in [1.29, 1.82) is 0 Å². The first-order chi connectivity index (χ1) is 17.8. The molecule has 0 saturated carbocycles. The Labute approximate surface area is 214 Å². The number of methoxy groups -OCH3 is 1. The summed E-state index contributed by atoms with van der Waals surface area (Å²) in [7, 11) is 1.55. The fourth-order valence-electron chi connectivity index (χ4n) is 3.71. The molecule has 1 aromatic carbocycles. The molecule has 1 saturated heterocycles. The molecule has 10 nitrogen and oxygen atoms in total. The predicted molar refractivity (Wildman–Crippen MR) is 131 cm³/mol. The Bertz CT molecular complexity index is 1230. The van der Waals surface area contributed by atoms with Crippen LogP contribution in [0.3, 0.4) is 0 Å². The standard InChI is InChI=1S/C26H29FN4O6/c1-16(2)34-26(32)37-31-9-7-20(8-10-31)35-24-17(3)25(30-15-29-24)36-23-6-5-18(12-22(23)27)19-11-21(33-4)14-28-13-19/h5-6,11-16,20H,7-10H2,1-4H3. The lowest BCUT2D eigenvalue weighted by atomic mass is 10.1. The minimum atomic E-state index is -0.719. The summed E-state index contributed by atoms with van der Waals surface area (Å²) >= 11 is 0. The van der Waals surface area contributed by atoms with E-state index in [1.807, 2.05) is 0 Å². The van der Waals surface area contributed by atoms with Gasteiger partial charge in [-0.2, -0.15) is 0 Å². The minimum Gasteiger partial charge on any atom is -0.495 e. The molecule has 11 heteroatoms. The number of carbonyl (C=O) groups is 1. The van der Waals surface area contributed by atoms with Crippen LogP contribution in [-0.4, -0.2) is 58.6 Å². The smallest absolute Gasteiger partial charge is 0.495 e. The summed E-state index contributed by atoms with van der Waals surface area (Å²) < 4.78 is 36.9. The number of nitrogens with zero attached hydrogens (tertiary/aromatic N) is 4. The lowest BCUT2D eigenvalue weighted by molar-refractivity contribution is -0.151. The van der Waals surface area contributed by atoms with Gasteiger partial charge in [0.2, 0.25) is 11.8 Å². The molecule has 0 amide bonds. The number of halogens is 1. The highest BCUT2D eigenvalue weighted by atomic mass is 19.1. The highest BCUT2D eigenvalue weighted by molar-refractivity contribution is 5.65. The average molecular weight is 513 g/mol. The zero-order chi connectivity index (χ0) is 26.4. The Balaban J connectivity index is 1.38. The Morgan fingerprint density at radius 2 is 1.84 bits per heavy atom. The molecule has 0 aliphatic carbocycles. The summed E-state index contributed by atoms with van der Waals surface area (Å²) in [5.74, 6) is 0.587. The van der Waals surface area contributed by atoms with E-state index in [1.54, 1.807) is 57.5 Å². The largest absolute Gasteiger partial charge is 0.528 e. The van der Waals surface area contributed by atoms with E-state index in [2.05, 4.69) is 15.0 Å². The van der Waals surface area contributed by atoms with Gasteiger partial charge < -0.3 is 23.8 Å². The maximum atomic E-state index is 14.9. The molecule has 0 bridgehead atoms. The molecular weight excluding hydrogens is 483 g/mol. The van der Waals surface area contributed by atoms with Crippen molar-refractivity contribution in [2.24, 2.45) is 0 Å². The number of carbonyl (C=O) groups excluding carboxylic acids is 1. The van der Waals surface area contributed by atoms with Crippen LogP contribution in [0.5, 0.6) is 23.3 Å². The van der Waals surface area contributed by atoms with Gasteiger partial charge in [-0.05, 0) is 44.5 Å². The fraction of sp³-hybridized carbons (Fsp3) is 0.385. The van der Waals surface area contributed by atoms with Crippen molar-refractivity contribution in [3.8, 4) is 34.4 Å². The van der Waals surface area contributed by atoms with Crippen LogP contribution >= 0.6 is 0 Å². The van der Waals surface area contributed by atoms with Crippen LogP contribution in [0.1, 0.15) is 32.3 Å². The summed E-state index contributed by atoms with van der Waals surface area (Å²) in [5.41, 5.74) is 1.89. The number of hydrogen-bond acceptors (Lipinski definition) is 10. The first-order valence-electron chi connectivity index (χ1n) is 11.9. The monoisotopic (exact) mass is 512 g/mol. The molecule has 0 spiro atoms. The van der Waals surface area contributed by atoms with E-state index in [1.165, 1.54) is 18.5 Å². The second-order valence-electron chi connectivity index (χ2n) is 8.72. The van der Waals surface area contributed by atoms with Crippen molar-refractivity contribution in [2.45, 2.75) is 45.8 Å². The summed E-state index contributed by atoms with van der Waals surface area (Å²) in [4.78, 5) is 29.4. The SMILES string of the molecule is COc1cncc(-c2ccc(Oc3ncnc(OC4CCN(OC(=O)OC(C)C)CC4)c3C)c(F)c2)c1. The van der Waals surface area contributed by atoms with E-state index in [0.29, 0.717) is 54.3 Å². The van der Waals surface area contributed by atoms with Gasteiger partial charge in [-0.15, -0.1) is 5.06 Å². The maximum Gasteiger partial charge on any atom is 0.528 e. The van der Waals surface area contributed by atoms with E-state index >= 15 is 0 Å². The maximum absolute atomic E-state index is 14.9. The summed E-state index contributed by atoms with van der Waals surface area (Å²) in [6.07, 6.45) is 4.64. The minimum absolute atomic E-state index is 0.0195. The van der Waals surface area contributed by atoms with Crippen LogP contribution < -0.4 is 14.2 Å². The molecule has 1 aliphatic heterocycles. The van der Waals surface area contributed by atoms with Crippen LogP contribution in [0, 0.1) is 12.7 Å². The van der Waals surface area contributed by atoms with Gasteiger partial charge in [-0.1, -0.05) is 6.07 Å². The van der Waals surface area contributed by atoms with E-state index in [-0.39, 0.29) is 23.8 Å². The molecule has 0 atom stereocenters. The second-order valence-corrected chi connectivity index (χ2v) is 8.72. The number of rotatable bonds is 8. The second kappa shape index (κ2) is 11.8. The van der Waals surface area contributed by atoms with Gasteiger partial charge in [0.25, 0.3) is 0 Å². The number of benzene rings is 1. The van der Waals surface area contributed by atoms with Crippen LogP contribution in [0.4, 0.5) is 9.18 Å². The number of piperidine rings is 1. The van der Waals surface area contributed by atoms with Gasteiger partial charge in [0, 0.05) is 37.7 Å². The fourth-order valence-corrected chi connectivity index (χ4v) is 3.71. The van der Waals surface area contributed by atoms with E-state index < -0.39 is 12.0 Å². The number of ether oxygens (including phenoxy) is 4. The number of pyridine rings is 1. The van der Waals surface area contributed by atoms with E-state index in [4.69, 9.17) is 23.8 Å². The average Bonchev–Trinajstić information content (AvgIpc) is 2.88. The molecule has 1 aliphatic rings. The quantitative estimate of drug-likeness (QED) is 0.378. The molecule has 37 heavy (non-hydrogen) atoms. The van der Waals surface area contributed by atoms with Gasteiger partial charge >= 0.3 is 6.16 Å². The molecule has 0 unspecified atom stereocenters. The Kier molecular flexibility index (Phi) is 8.34. The predicted octanol–water partition coefficient (Wildman–Crippen LogP) is 5.11. The Morgan fingerprint density at radius 1 is 1.08 bits per heavy atom. The van der Waals surface area contributed by atoms with Crippen LogP contribution in [0.15, 0.2) is 43.0 Å². The van der Waals surface area contributed by atoms with Crippen molar-refractivity contribution >= 4 is 6.16 Å². The summed E-state index contributed by atoms with van der Waals surface area (Å²) in [6.45, 7) is 6.25. The summed E-state index contributed by atoms with van der Waals surface area (Å²) in [6, 6.07) is 6.41. The first kappa shape index (κ1) is 26.1. The van der Waals surface area contributed by atoms with Crippen molar-refractivity contribution in [1.82, 2.24) is 20.0 Å². The normalized spacial score (nSPS) is 14.3. The van der Waals surface area contributed by atoms with Crippen molar-refractivity contribution in [3.05, 3.63) is 54.4 Å². The number of hydrogen-bond donors (Lipinski definition) is 0. The highest BCUT2D eigenvalue weighted by Crippen LogP contribution is 2.32. The van der Waals surface area contributed by atoms with Crippen LogP contribution in [0.25, 0.3) is 11.1 Å². The van der Waals surface area contributed by atoms with Gasteiger partial charge in [0.1, 0.15) is 18.2 Å². The molecule has 3 aromatic rings. The van der Waals surface area contributed by atoms with Crippen molar-refractivity contribution in [3.63, 3.8) is 0 Å². The van der Waals surface area contributed by atoms with Crippen molar-refractivity contribution in [2.75, 3.05) is 20.2 Å². The summed E-state index contributed by atoms with van der Waals surface area (Å²) in [5, 5.41) is 1.56. The molecule has 2 aromatic heterocycles. The van der Waals surface area contributed by atoms with Crippen LogP contribution in [0.2, 0.25) is 0 Å². The third kappa shape index (κ3) is 6.82. The zero-order valence-corrected chi connectivity index (χ0v) is 21.1. The molecular formula is C26H29FN4O6. The molecule has 196 valence electrons. The zero-order valence-electron chi connectivity index (χ0n) is 21.1. The van der Waals surface area contributed by atoms with Gasteiger partial charge in [-0.3, -0.25) is 4.98 Å².